The molecule has 0 radical (unpaired) electrons. The molecule has 0 spiro atoms. The van der Waals surface area contributed by atoms with E-state index < -0.39 is 69.5 Å². The molecular weight excluding hydrogens is 438 g/mol. The maximum Gasteiger partial charge on any atom is 0.483 e. The zero-order valence-electron chi connectivity index (χ0n) is 14.8. The van der Waals surface area contributed by atoms with Gasteiger partial charge in [0.05, 0.1) is 11.3 Å². The van der Waals surface area contributed by atoms with E-state index in [4.69, 9.17) is 0 Å². The second kappa shape index (κ2) is 6.96. The summed E-state index contributed by atoms with van der Waals surface area (Å²) in [6.45, 7) is 0. The number of ether oxygens (including phenoxy) is 1. The second-order valence-corrected chi connectivity index (χ2v) is 6.34. The van der Waals surface area contributed by atoms with Gasteiger partial charge in [-0.1, -0.05) is 18.2 Å². The van der Waals surface area contributed by atoms with E-state index in [9.17, 15) is 39.9 Å². The molecule has 4 rings (SSSR count). The van der Waals surface area contributed by atoms with E-state index in [1.807, 2.05) is 0 Å². The molecule has 0 saturated carbocycles. The maximum absolute atomic E-state index is 14.6. The van der Waals surface area contributed by atoms with Crippen molar-refractivity contribution in [2.75, 3.05) is 4.90 Å². The number of hydrogen-bond donors (Lipinski definition) is 0. The molecule has 0 bridgehead atoms. The summed E-state index contributed by atoms with van der Waals surface area (Å²) in [6.07, 6.45) is -4.42. The molecule has 3 aromatic carbocycles. The summed E-state index contributed by atoms with van der Waals surface area (Å²) >= 11 is 0. The monoisotopic (exact) mass is 445 g/mol. The minimum atomic E-state index is -4.42. The predicted octanol–water partition coefficient (Wildman–Crippen LogP) is 5.84. The zero-order valence-corrected chi connectivity index (χ0v) is 14.8. The average molecular weight is 445 g/mol. The number of fused-ring (bicyclic) bond motifs is 1. The summed E-state index contributed by atoms with van der Waals surface area (Å²) in [4.78, 5) is 12.7. The number of nitrogens with zero attached hydrogens (tertiary/aromatic N) is 1. The van der Waals surface area contributed by atoms with E-state index in [0.29, 0.717) is 11.0 Å². The third-order valence-electron chi connectivity index (χ3n) is 4.47. The Morgan fingerprint density at radius 3 is 1.90 bits per heavy atom. The van der Waals surface area contributed by atoms with Crippen molar-refractivity contribution < 1.29 is 44.7 Å². The maximum atomic E-state index is 14.6. The molecule has 0 N–H and O–H groups in total. The highest BCUT2D eigenvalue weighted by Gasteiger charge is 2.51. The molecule has 0 unspecified atom stereocenters. The van der Waals surface area contributed by atoms with Gasteiger partial charge < -0.3 is 4.74 Å². The number of para-hydroxylation sites is 1. The molecule has 1 aliphatic heterocycles. The van der Waals surface area contributed by atoms with E-state index in [-0.39, 0.29) is 11.8 Å². The van der Waals surface area contributed by atoms with E-state index in [1.165, 1.54) is 30.3 Å². The van der Waals surface area contributed by atoms with Crippen LogP contribution < -0.4 is 9.64 Å². The van der Waals surface area contributed by atoms with E-state index in [1.54, 1.807) is 0 Å². The van der Waals surface area contributed by atoms with Crippen molar-refractivity contribution in [1.82, 2.24) is 0 Å². The number of carbonyl (C=O) groups is 1. The van der Waals surface area contributed by atoms with Gasteiger partial charge in [-0.25, -0.2) is 26.3 Å². The lowest BCUT2D eigenvalue weighted by molar-refractivity contribution is -0.191. The molecule has 11 heteroatoms. The fourth-order valence-electron chi connectivity index (χ4n) is 3.09. The molecule has 3 nitrogen and oxygen atoms in total. The zero-order chi connectivity index (χ0) is 22.7. The lowest BCUT2D eigenvalue weighted by Gasteiger charge is -2.34. The molecule has 0 aromatic heterocycles. The van der Waals surface area contributed by atoms with Gasteiger partial charge in [0.25, 0.3) is 0 Å². The summed E-state index contributed by atoms with van der Waals surface area (Å²) in [5.74, 6) is -16.2. The number of hydrogen-bond acceptors (Lipinski definition) is 2. The SMILES string of the molecule is O=C1N(c2ccccc2)c2cc(-c3c(F)c(F)c(F)c(F)c3F)c(F)cc2OC1(F)F. The predicted molar refractivity (Wildman–Crippen MR) is 90.8 cm³/mol. The van der Waals surface area contributed by atoms with Crippen LogP contribution in [0.25, 0.3) is 11.1 Å². The Labute approximate surface area is 168 Å². The molecule has 0 saturated heterocycles. The summed E-state index contributed by atoms with van der Waals surface area (Å²) < 4.78 is 116. The number of anilines is 2. The van der Waals surface area contributed by atoms with Crippen LogP contribution in [0.3, 0.4) is 0 Å². The Hall–Kier alpha value is -3.63. The van der Waals surface area contributed by atoms with E-state index in [0.717, 1.165) is 0 Å². The van der Waals surface area contributed by atoms with Crippen LogP contribution in [0.4, 0.5) is 46.5 Å². The van der Waals surface area contributed by atoms with Gasteiger partial charge in [0, 0.05) is 17.3 Å². The van der Waals surface area contributed by atoms with Gasteiger partial charge >= 0.3 is 12.0 Å². The van der Waals surface area contributed by atoms with Crippen molar-refractivity contribution in [3.05, 3.63) is 77.4 Å². The van der Waals surface area contributed by atoms with Gasteiger partial charge in [0.1, 0.15) is 5.82 Å². The van der Waals surface area contributed by atoms with Crippen molar-refractivity contribution in [1.29, 1.82) is 0 Å². The van der Waals surface area contributed by atoms with Gasteiger partial charge in [-0.05, 0) is 18.2 Å². The molecule has 1 heterocycles. The van der Waals surface area contributed by atoms with Crippen LogP contribution >= 0.6 is 0 Å². The summed E-state index contributed by atoms with van der Waals surface area (Å²) in [6, 6.07) is 7.46. The second-order valence-electron chi connectivity index (χ2n) is 6.34. The van der Waals surface area contributed by atoms with Gasteiger partial charge in [-0.2, -0.15) is 8.78 Å². The fraction of sp³-hybridized carbons (Fsp3) is 0.0500. The minimum Gasteiger partial charge on any atom is -0.423 e. The Bertz CT molecular complexity index is 1200. The molecule has 1 amide bonds. The Morgan fingerprint density at radius 1 is 0.774 bits per heavy atom. The summed E-state index contributed by atoms with van der Waals surface area (Å²) in [5.41, 5.74) is -3.53. The van der Waals surface area contributed by atoms with Gasteiger partial charge in [-0.3, -0.25) is 9.69 Å². The van der Waals surface area contributed by atoms with E-state index >= 15 is 0 Å². The van der Waals surface area contributed by atoms with E-state index in [2.05, 4.69) is 4.74 Å². The van der Waals surface area contributed by atoms with Crippen molar-refractivity contribution in [2.24, 2.45) is 0 Å². The normalized spacial score (nSPS) is 15.0. The molecule has 0 atom stereocenters. The van der Waals surface area contributed by atoms with Crippen LogP contribution in [-0.2, 0) is 4.79 Å². The molecular formula is C20H7F8NO2. The number of carbonyl (C=O) groups excluding carboxylic acids is 1. The number of halogens is 8. The molecule has 0 fully saturated rings. The van der Waals surface area contributed by atoms with Gasteiger partial charge in [0.2, 0.25) is 5.82 Å². The van der Waals surface area contributed by atoms with Crippen LogP contribution in [0.1, 0.15) is 0 Å². The number of benzene rings is 3. The number of alkyl halides is 2. The average Bonchev–Trinajstić information content (AvgIpc) is 2.73. The largest absolute Gasteiger partial charge is 0.483 e. The van der Waals surface area contributed by atoms with Crippen LogP contribution in [0.15, 0.2) is 42.5 Å². The molecule has 160 valence electrons. The van der Waals surface area contributed by atoms with Crippen LogP contribution in [0, 0.1) is 34.9 Å². The molecule has 1 aliphatic rings. The Balaban J connectivity index is 2.02. The highest BCUT2D eigenvalue weighted by atomic mass is 19.3. The first kappa shape index (κ1) is 20.6. The lowest BCUT2D eigenvalue weighted by atomic mass is 10.0. The van der Waals surface area contributed by atoms with Crippen molar-refractivity contribution >= 4 is 17.3 Å². The molecule has 0 aliphatic carbocycles. The molecule has 3 aromatic rings. The van der Waals surface area contributed by atoms with Crippen LogP contribution in [-0.4, -0.2) is 12.0 Å². The highest BCUT2D eigenvalue weighted by molar-refractivity contribution is 6.07. The first-order valence-corrected chi connectivity index (χ1v) is 8.36. The first-order chi connectivity index (χ1) is 14.5. The summed E-state index contributed by atoms with van der Waals surface area (Å²) in [7, 11) is 0. The minimum absolute atomic E-state index is 0.147. The standard InChI is InChI=1S/C20H7F8NO2/c21-10-7-12-11(6-9(10)13-14(22)16(24)18(26)17(25)15(13)23)29(8-4-2-1-3-5-8)19(30)20(27,28)31-12/h1-7H. The van der Waals surface area contributed by atoms with Crippen molar-refractivity contribution in [3.8, 4) is 16.9 Å². The Morgan fingerprint density at radius 2 is 1.32 bits per heavy atom. The van der Waals surface area contributed by atoms with Crippen molar-refractivity contribution in [3.63, 3.8) is 0 Å². The smallest absolute Gasteiger partial charge is 0.423 e. The van der Waals surface area contributed by atoms with Crippen LogP contribution in [0.2, 0.25) is 0 Å². The fourth-order valence-corrected chi connectivity index (χ4v) is 3.09. The number of amides is 1. The summed E-state index contributed by atoms with van der Waals surface area (Å²) in [5, 5.41) is 0. The third kappa shape index (κ3) is 3.07. The third-order valence-corrected chi connectivity index (χ3v) is 4.47. The molecule has 31 heavy (non-hydrogen) atoms. The highest BCUT2D eigenvalue weighted by Crippen LogP contribution is 2.46. The number of rotatable bonds is 2. The van der Waals surface area contributed by atoms with Crippen molar-refractivity contribution in [2.45, 2.75) is 6.11 Å². The van der Waals surface area contributed by atoms with Gasteiger partial charge in [0.15, 0.2) is 29.0 Å². The topological polar surface area (TPSA) is 29.5 Å². The Kier molecular flexibility index (Phi) is 4.64. The lowest BCUT2D eigenvalue weighted by Crippen LogP contribution is -2.48. The first-order valence-electron chi connectivity index (χ1n) is 8.36. The quantitative estimate of drug-likeness (QED) is 0.282. The van der Waals surface area contributed by atoms with Gasteiger partial charge in [-0.15, -0.1) is 0 Å². The van der Waals surface area contributed by atoms with Crippen LogP contribution in [0.5, 0.6) is 5.75 Å².